The lowest BCUT2D eigenvalue weighted by Crippen LogP contribution is -2.20. The Bertz CT molecular complexity index is 1250. The van der Waals surface area contributed by atoms with Crippen molar-refractivity contribution in [3.63, 3.8) is 0 Å². The van der Waals surface area contributed by atoms with Crippen LogP contribution in [-0.2, 0) is 10.5 Å². The van der Waals surface area contributed by atoms with E-state index in [2.05, 4.69) is 20.4 Å². The van der Waals surface area contributed by atoms with E-state index in [1.165, 1.54) is 28.1 Å². The van der Waals surface area contributed by atoms with Crippen LogP contribution in [0.25, 0.3) is 16.5 Å². The smallest absolute Gasteiger partial charge is 0.252 e. The topological polar surface area (TPSA) is 92.7 Å². The van der Waals surface area contributed by atoms with Crippen molar-refractivity contribution in [2.45, 2.75) is 25.5 Å². The molecule has 7 nitrogen and oxygen atoms in total. The number of anilines is 1. The largest absolute Gasteiger partial charge is 0.310 e. The van der Waals surface area contributed by atoms with Crippen LogP contribution in [0.1, 0.15) is 31.0 Å². The van der Waals surface area contributed by atoms with E-state index in [1.54, 1.807) is 17.4 Å². The van der Waals surface area contributed by atoms with Gasteiger partial charge in [0.15, 0.2) is 0 Å². The van der Waals surface area contributed by atoms with E-state index < -0.39 is 0 Å². The third-order valence-corrected chi connectivity index (χ3v) is 6.53. The predicted octanol–water partition coefficient (Wildman–Crippen LogP) is 4.68. The highest BCUT2D eigenvalue weighted by Crippen LogP contribution is 2.27. The van der Waals surface area contributed by atoms with Crippen LogP contribution in [0.2, 0.25) is 0 Å². The molecule has 32 heavy (non-hydrogen) atoms. The number of thiophene rings is 1. The first-order chi connectivity index (χ1) is 15.5. The highest BCUT2D eigenvalue weighted by Gasteiger charge is 2.17. The number of hydrogen-bond acceptors (Lipinski definition) is 6. The quantitative estimate of drug-likeness (QED) is 0.394. The summed E-state index contributed by atoms with van der Waals surface area (Å²) >= 11 is 3.09. The van der Waals surface area contributed by atoms with Crippen LogP contribution in [0.3, 0.4) is 0 Å². The van der Waals surface area contributed by atoms with Gasteiger partial charge in [-0.25, -0.2) is 4.98 Å². The molecule has 9 heteroatoms. The summed E-state index contributed by atoms with van der Waals surface area (Å²) in [7, 11) is 0. The minimum Gasteiger partial charge on any atom is -0.310 e. The van der Waals surface area contributed by atoms with E-state index >= 15 is 0 Å². The number of benzene rings is 1. The lowest BCUT2D eigenvalue weighted by Gasteiger charge is -2.10. The minimum atomic E-state index is -0.262. The van der Waals surface area contributed by atoms with Gasteiger partial charge in [-0.15, -0.1) is 23.1 Å². The van der Waals surface area contributed by atoms with Gasteiger partial charge in [0, 0.05) is 17.9 Å². The molecule has 164 valence electrons. The van der Waals surface area contributed by atoms with Gasteiger partial charge in [-0.1, -0.05) is 50.2 Å². The number of amides is 1. The Morgan fingerprint density at radius 3 is 2.72 bits per heavy atom. The molecule has 3 heterocycles. The standard InChI is InChI=1S/C23H23N5O2S2/c1-15(2)17-12-21(29)26-23(24-17)28-20(11-18(27-28)19-9-6-10-32-19)25-22(30)14-31-13-16-7-4-3-5-8-16/h3-12,15H,13-14H2,1-2H3,(H,25,30)(H,24,26,29). The Kier molecular flexibility index (Phi) is 6.87. The van der Waals surface area contributed by atoms with Crippen LogP contribution in [0.15, 0.2) is 64.8 Å². The molecule has 0 aliphatic carbocycles. The van der Waals surface area contributed by atoms with E-state index in [4.69, 9.17) is 0 Å². The summed E-state index contributed by atoms with van der Waals surface area (Å²) in [5, 5.41) is 9.51. The average molecular weight is 466 g/mol. The number of thioether (sulfide) groups is 1. The average Bonchev–Trinajstić information content (AvgIpc) is 3.44. The monoisotopic (exact) mass is 465 g/mol. The number of hydrogen-bond donors (Lipinski definition) is 2. The van der Waals surface area contributed by atoms with Crippen LogP contribution in [0.4, 0.5) is 5.82 Å². The van der Waals surface area contributed by atoms with E-state index in [0.29, 0.717) is 23.0 Å². The highest BCUT2D eigenvalue weighted by molar-refractivity contribution is 7.99. The third-order valence-electron chi connectivity index (χ3n) is 4.64. The Balaban J connectivity index is 1.58. The molecule has 0 saturated carbocycles. The fraction of sp³-hybridized carbons (Fsp3) is 0.217. The maximum absolute atomic E-state index is 12.7. The van der Waals surface area contributed by atoms with Crippen molar-refractivity contribution in [2.75, 3.05) is 11.1 Å². The second kappa shape index (κ2) is 9.97. The van der Waals surface area contributed by atoms with Crippen LogP contribution in [0, 0.1) is 0 Å². The van der Waals surface area contributed by atoms with E-state index in [-0.39, 0.29) is 23.3 Å². The Morgan fingerprint density at radius 2 is 2.00 bits per heavy atom. The SMILES string of the molecule is CC(C)c1cc(=O)[nH]c(-n2nc(-c3cccs3)cc2NC(=O)CSCc2ccccc2)n1. The zero-order valence-electron chi connectivity index (χ0n) is 17.7. The molecule has 4 rings (SSSR count). The van der Waals surface area contributed by atoms with Gasteiger partial charge >= 0.3 is 0 Å². The Labute approximate surface area is 193 Å². The van der Waals surface area contributed by atoms with Gasteiger partial charge in [-0.2, -0.15) is 9.78 Å². The Hall–Kier alpha value is -3.17. The van der Waals surface area contributed by atoms with E-state index in [0.717, 1.165) is 10.6 Å². The minimum absolute atomic E-state index is 0.0795. The third kappa shape index (κ3) is 5.35. The number of aromatic amines is 1. The van der Waals surface area contributed by atoms with Crippen molar-refractivity contribution in [1.29, 1.82) is 0 Å². The van der Waals surface area contributed by atoms with Crippen molar-refractivity contribution in [2.24, 2.45) is 0 Å². The number of nitrogens with one attached hydrogen (secondary N) is 2. The molecule has 0 aliphatic heterocycles. The molecule has 0 atom stereocenters. The fourth-order valence-electron chi connectivity index (χ4n) is 3.05. The van der Waals surface area contributed by atoms with Crippen LogP contribution in [0.5, 0.6) is 0 Å². The molecule has 1 aromatic carbocycles. The van der Waals surface area contributed by atoms with Gasteiger partial charge in [0.25, 0.3) is 5.56 Å². The maximum Gasteiger partial charge on any atom is 0.252 e. The summed E-state index contributed by atoms with van der Waals surface area (Å²) in [6.45, 7) is 3.94. The summed E-state index contributed by atoms with van der Waals surface area (Å²) < 4.78 is 1.49. The molecule has 4 aromatic rings. The number of carbonyl (C=O) groups excluding carboxylic acids is 1. The summed E-state index contributed by atoms with van der Waals surface area (Å²) in [5.41, 5.74) is 2.27. The van der Waals surface area contributed by atoms with E-state index in [9.17, 15) is 9.59 Å². The molecule has 0 radical (unpaired) electrons. The maximum atomic E-state index is 12.7. The summed E-state index contributed by atoms with van der Waals surface area (Å²) in [6, 6.07) is 17.2. The predicted molar refractivity (Wildman–Crippen MR) is 131 cm³/mol. The zero-order chi connectivity index (χ0) is 22.5. The van der Waals surface area contributed by atoms with Gasteiger partial charge in [0.1, 0.15) is 11.5 Å². The molecule has 3 aromatic heterocycles. The van der Waals surface area contributed by atoms with Crippen molar-refractivity contribution in [3.05, 3.63) is 81.6 Å². The Morgan fingerprint density at radius 1 is 1.19 bits per heavy atom. The van der Waals surface area contributed by atoms with Gasteiger partial charge in [0.2, 0.25) is 11.9 Å². The number of H-pyrrole nitrogens is 1. The number of rotatable bonds is 8. The number of carbonyl (C=O) groups is 1. The van der Waals surface area contributed by atoms with Crippen molar-refractivity contribution in [1.82, 2.24) is 19.7 Å². The van der Waals surface area contributed by atoms with E-state index in [1.807, 2.05) is 61.7 Å². The lowest BCUT2D eigenvalue weighted by atomic mass is 10.1. The van der Waals surface area contributed by atoms with Crippen molar-refractivity contribution >= 4 is 34.8 Å². The normalized spacial score (nSPS) is 11.1. The zero-order valence-corrected chi connectivity index (χ0v) is 19.4. The molecule has 1 amide bonds. The van der Waals surface area contributed by atoms with Gasteiger partial charge in [-0.05, 0) is 22.9 Å². The van der Waals surface area contributed by atoms with Gasteiger partial charge < -0.3 is 5.32 Å². The van der Waals surface area contributed by atoms with Crippen molar-refractivity contribution in [3.8, 4) is 16.5 Å². The second-order valence-corrected chi connectivity index (χ2v) is 9.41. The molecule has 2 N–H and O–H groups in total. The van der Waals surface area contributed by atoms with Crippen molar-refractivity contribution < 1.29 is 4.79 Å². The number of nitrogens with zero attached hydrogens (tertiary/aromatic N) is 3. The summed E-state index contributed by atoms with van der Waals surface area (Å²) in [4.78, 5) is 33.1. The summed E-state index contributed by atoms with van der Waals surface area (Å²) in [6.07, 6.45) is 0. The molecule has 0 saturated heterocycles. The molecule has 0 bridgehead atoms. The first-order valence-corrected chi connectivity index (χ1v) is 12.2. The second-order valence-electron chi connectivity index (χ2n) is 7.48. The van der Waals surface area contributed by atoms with Crippen LogP contribution in [-0.4, -0.2) is 31.4 Å². The van der Waals surface area contributed by atoms with Crippen LogP contribution >= 0.6 is 23.1 Å². The first-order valence-electron chi connectivity index (χ1n) is 10.2. The molecule has 0 aliphatic rings. The van der Waals surface area contributed by atoms with Crippen LogP contribution < -0.4 is 10.9 Å². The van der Waals surface area contributed by atoms with Gasteiger partial charge in [0.05, 0.1) is 16.3 Å². The molecule has 0 spiro atoms. The highest BCUT2D eigenvalue weighted by atomic mass is 32.2. The molecule has 0 fully saturated rings. The molecular formula is C23H23N5O2S2. The molecule has 0 unspecified atom stereocenters. The molecular weight excluding hydrogens is 442 g/mol. The summed E-state index contributed by atoms with van der Waals surface area (Å²) in [5.74, 6) is 1.71. The fourth-order valence-corrected chi connectivity index (χ4v) is 4.52. The first kappa shape index (κ1) is 22.0. The lowest BCUT2D eigenvalue weighted by molar-refractivity contribution is -0.113. The van der Waals surface area contributed by atoms with Gasteiger partial charge in [-0.3, -0.25) is 14.6 Å². The number of aromatic nitrogens is 4.